The molecule has 20 heavy (non-hydrogen) atoms. The van der Waals surface area contributed by atoms with Gasteiger partial charge in [0.25, 0.3) is 5.91 Å². The molecule has 1 aliphatic rings. The van der Waals surface area contributed by atoms with E-state index in [2.05, 4.69) is 0 Å². The number of piperidine rings is 1. The Morgan fingerprint density at radius 2 is 2.00 bits per heavy atom. The second kappa shape index (κ2) is 5.47. The van der Waals surface area contributed by atoms with E-state index < -0.39 is 18.2 Å². The lowest BCUT2D eigenvalue weighted by Gasteiger charge is -2.34. The number of aliphatic hydroxyl groups excluding tert-OH is 1. The maximum atomic E-state index is 12.4. The van der Waals surface area contributed by atoms with E-state index in [0.717, 1.165) is 0 Å². The first kappa shape index (κ1) is 14.9. The highest BCUT2D eigenvalue weighted by Crippen LogP contribution is 2.31. The second-order valence-electron chi connectivity index (χ2n) is 5.12. The summed E-state index contributed by atoms with van der Waals surface area (Å²) in [6.45, 7) is 0.476. The maximum absolute atomic E-state index is 12.4. The van der Waals surface area contributed by atoms with E-state index in [9.17, 15) is 23.1 Å². The number of nitrogens with zero attached hydrogens (tertiary/aromatic N) is 2. The molecule has 1 amide bonds. The van der Waals surface area contributed by atoms with Gasteiger partial charge in [0.05, 0.1) is 0 Å². The highest BCUT2D eigenvalue weighted by atomic mass is 19.4. The zero-order valence-corrected chi connectivity index (χ0v) is 11.1. The van der Waals surface area contributed by atoms with Crippen LogP contribution in [0.25, 0.3) is 0 Å². The largest absolute Gasteiger partial charge is 0.414 e. The number of alkyl halides is 3. The number of hydrogen-bond acceptors (Lipinski definition) is 2. The standard InChI is InChI=1S/C13H17F3N2O2/c1-17-6-2-3-10(17)12(20)18-7-4-9(5-8-18)11(19)13(14,15)16/h2-3,6,9,11,19H,4-5,7-8H2,1H3. The normalized spacial score (nSPS) is 19.1. The quantitative estimate of drug-likeness (QED) is 0.902. The molecule has 7 heteroatoms. The molecule has 2 heterocycles. The van der Waals surface area contributed by atoms with Gasteiger partial charge in [0, 0.05) is 26.3 Å². The number of aromatic nitrogens is 1. The van der Waals surface area contributed by atoms with E-state index in [1.807, 2.05) is 0 Å². The van der Waals surface area contributed by atoms with Gasteiger partial charge in [-0.15, -0.1) is 0 Å². The van der Waals surface area contributed by atoms with Gasteiger partial charge in [-0.25, -0.2) is 0 Å². The molecular weight excluding hydrogens is 273 g/mol. The van der Waals surface area contributed by atoms with Crippen molar-refractivity contribution in [2.24, 2.45) is 13.0 Å². The summed E-state index contributed by atoms with van der Waals surface area (Å²) in [4.78, 5) is 13.7. The molecule has 1 unspecified atom stereocenters. The monoisotopic (exact) mass is 290 g/mol. The van der Waals surface area contributed by atoms with Crippen LogP contribution in [0.1, 0.15) is 23.3 Å². The number of hydrogen-bond donors (Lipinski definition) is 1. The Hall–Kier alpha value is -1.50. The van der Waals surface area contributed by atoms with Crippen LogP contribution in [0.4, 0.5) is 13.2 Å². The molecule has 112 valence electrons. The fourth-order valence-corrected chi connectivity index (χ4v) is 2.53. The Balaban J connectivity index is 1.95. The molecule has 1 aromatic heterocycles. The summed E-state index contributed by atoms with van der Waals surface area (Å²) in [5.41, 5.74) is 0.514. The van der Waals surface area contributed by atoms with Gasteiger partial charge in [-0.2, -0.15) is 13.2 Å². The predicted molar refractivity (Wildman–Crippen MR) is 66.1 cm³/mol. The number of carbonyl (C=O) groups excluding carboxylic acids is 1. The molecule has 1 atom stereocenters. The minimum atomic E-state index is -4.59. The van der Waals surface area contributed by atoms with E-state index in [-0.39, 0.29) is 31.8 Å². The summed E-state index contributed by atoms with van der Waals surface area (Å²) in [5, 5.41) is 9.23. The summed E-state index contributed by atoms with van der Waals surface area (Å²) in [6, 6.07) is 3.42. The van der Waals surface area contributed by atoms with Gasteiger partial charge in [-0.3, -0.25) is 4.79 Å². The Kier molecular flexibility index (Phi) is 4.08. The third kappa shape index (κ3) is 2.98. The van der Waals surface area contributed by atoms with Crippen LogP contribution in [0.15, 0.2) is 18.3 Å². The predicted octanol–water partition coefficient (Wildman–Crippen LogP) is 1.80. The Bertz CT molecular complexity index is 476. The van der Waals surface area contributed by atoms with Crippen LogP contribution >= 0.6 is 0 Å². The molecule has 1 saturated heterocycles. The second-order valence-corrected chi connectivity index (χ2v) is 5.12. The van der Waals surface area contributed by atoms with Crippen molar-refractivity contribution in [3.8, 4) is 0 Å². The molecule has 1 aromatic rings. The SMILES string of the molecule is Cn1cccc1C(=O)N1CCC(C(O)C(F)(F)F)CC1. The highest BCUT2D eigenvalue weighted by Gasteiger charge is 2.44. The average Bonchev–Trinajstić information content (AvgIpc) is 2.82. The summed E-state index contributed by atoms with van der Waals surface area (Å²) in [7, 11) is 1.74. The lowest BCUT2D eigenvalue weighted by molar-refractivity contribution is -0.222. The number of rotatable bonds is 2. The number of aryl methyl sites for hydroxylation is 1. The minimum Gasteiger partial charge on any atom is -0.383 e. The van der Waals surface area contributed by atoms with Gasteiger partial charge in [-0.05, 0) is 30.9 Å². The van der Waals surface area contributed by atoms with Crippen LogP contribution in [-0.2, 0) is 7.05 Å². The van der Waals surface area contributed by atoms with Crippen LogP contribution < -0.4 is 0 Å². The molecule has 1 fully saturated rings. The molecule has 0 spiro atoms. The molecule has 2 rings (SSSR count). The highest BCUT2D eigenvalue weighted by molar-refractivity contribution is 5.92. The molecule has 0 radical (unpaired) electrons. The number of halogens is 3. The fourth-order valence-electron chi connectivity index (χ4n) is 2.53. The van der Waals surface area contributed by atoms with Gasteiger partial charge >= 0.3 is 6.18 Å². The lowest BCUT2D eigenvalue weighted by Crippen LogP contribution is -2.45. The van der Waals surface area contributed by atoms with Crippen LogP contribution in [0, 0.1) is 5.92 Å². The number of aliphatic hydroxyl groups is 1. The van der Waals surface area contributed by atoms with Crippen molar-refractivity contribution in [3.63, 3.8) is 0 Å². The van der Waals surface area contributed by atoms with Gasteiger partial charge in [0.1, 0.15) is 5.69 Å². The number of carbonyl (C=O) groups is 1. The zero-order valence-electron chi connectivity index (χ0n) is 11.1. The molecule has 0 bridgehead atoms. The van der Waals surface area contributed by atoms with Crippen molar-refractivity contribution in [2.45, 2.75) is 25.1 Å². The molecule has 0 aromatic carbocycles. The number of likely N-dealkylation sites (tertiary alicyclic amines) is 1. The first-order valence-electron chi connectivity index (χ1n) is 6.46. The van der Waals surface area contributed by atoms with E-state index in [0.29, 0.717) is 5.69 Å². The summed E-state index contributed by atoms with van der Waals surface area (Å²) in [5.74, 6) is -1.01. The van der Waals surface area contributed by atoms with Crippen LogP contribution in [0.2, 0.25) is 0 Å². The van der Waals surface area contributed by atoms with Crippen molar-refractivity contribution in [1.82, 2.24) is 9.47 Å². The molecule has 1 N–H and O–H groups in total. The lowest BCUT2D eigenvalue weighted by atomic mass is 9.91. The molecular formula is C13H17F3N2O2. The van der Waals surface area contributed by atoms with Crippen LogP contribution in [0.5, 0.6) is 0 Å². The van der Waals surface area contributed by atoms with Crippen LogP contribution in [0.3, 0.4) is 0 Å². The van der Waals surface area contributed by atoms with Crippen molar-refractivity contribution in [2.75, 3.05) is 13.1 Å². The smallest absolute Gasteiger partial charge is 0.383 e. The summed E-state index contributed by atoms with van der Waals surface area (Å²) in [6.07, 6.45) is -4.81. The Labute approximate surface area is 114 Å². The zero-order chi connectivity index (χ0) is 14.9. The van der Waals surface area contributed by atoms with Crippen molar-refractivity contribution in [1.29, 1.82) is 0 Å². The topological polar surface area (TPSA) is 45.5 Å². The van der Waals surface area contributed by atoms with E-state index in [1.165, 1.54) is 4.90 Å². The fraction of sp³-hybridized carbons (Fsp3) is 0.615. The van der Waals surface area contributed by atoms with Gasteiger partial charge in [0.2, 0.25) is 0 Å². The number of amides is 1. The van der Waals surface area contributed by atoms with Gasteiger partial charge in [0.15, 0.2) is 6.10 Å². The van der Waals surface area contributed by atoms with Crippen molar-refractivity contribution in [3.05, 3.63) is 24.0 Å². The third-order valence-corrected chi connectivity index (χ3v) is 3.77. The molecule has 1 aliphatic heterocycles. The maximum Gasteiger partial charge on any atom is 0.414 e. The third-order valence-electron chi connectivity index (χ3n) is 3.77. The molecule has 0 saturated carbocycles. The Morgan fingerprint density at radius 3 is 2.45 bits per heavy atom. The average molecular weight is 290 g/mol. The summed E-state index contributed by atoms with van der Waals surface area (Å²) < 4.78 is 39.0. The molecule has 4 nitrogen and oxygen atoms in total. The first-order chi connectivity index (χ1) is 9.30. The van der Waals surface area contributed by atoms with Crippen LogP contribution in [-0.4, -0.2) is 45.9 Å². The van der Waals surface area contributed by atoms with E-state index in [4.69, 9.17) is 0 Å². The van der Waals surface area contributed by atoms with Crippen molar-refractivity contribution < 1.29 is 23.1 Å². The van der Waals surface area contributed by atoms with Crippen molar-refractivity contribution >= 4 is 5.91 Å². The Morgan fingerprint density at radius 1 is 1.40 bits per heavy atom. The van der Waals surface area contributed by atoms with E-state index >= 15 is 0 Å². The van der Waals surface area contributed by atoms with Gasteiger partial charge in [-0.1, -0.05) is 0 Å². The summed E-state index contributed by atoms with van der Waals surface area (Å²) >= 11 is 0. The van der Waals surface area contributed by atoms with E-state index in [1.54, 1.807) is 29.9 Å². The minimum absolute atomic E-state index is 0.164. The molecule has 0 aliphatic carbocycles. The first-order valence-corrected chi connectivity index (χ1v) is 6.46. The van der Waals surface area contributed by atoms with Gasteiger partial charge < -0.3 is 14.6 Å².